The molecule has 4 rings (SSSR count). The van der Waals surface area contributed by atoms with Gasteiger partial charge < -0.3 is 15.0 Å². The summed E-state index contributed by atoms with van der Waals surface area (Å²) in [7, 11) is 0. The SMILES string of the molecule is Cc1cnc(NC(=O)NCc2ccc3c(O)n(C4CCC(=O)NC4=O)cc3c2)cc1C. The summed E-state index contributed by atoms with van der Waals surface area (Å²) < 4.78 is 1.49. The van der Waals surface area contributed by atoms with E-state index in [1.54, 1.807) is 30.6 Å². The van der Waals surface area contributed by atoms with Crippen molar-refractivity contribution in [3.63, 3.8) is 0 Å². The Balaban J connectivity index is 1.45. The Morgan fingerprint density at radius 1 is 1.26 bits per heavy atom. The van der Waals surface area contributed by atoms with Crippen LogP contribution in [-0.4, -0.2) is 32.5 Å². The molecule has 1 fully saturated rings. The van der Waals surface area contributed by atoms with Crippen molar-refractivity contribution in [1.82, 2.24) is 20.2 Å². The molecule has 4 amide bonds. The second-order valence-electron chi connectivity index (χ2n) is 7.71. The number of piperidine rings is 1. The number of imide groups is 1. The number of pyridine rings is 1. The van der Waals surface area contributed by atoms with Crippen molar-refractivity contribution in [3.8, 4) is 5.88 Å². The van der Waals surface area contributed by atoms with E-state index in [2.05, 4.69) is 20.9 Å². The number of urea groups is 1. The standard InChI is InChI=1S/C22H23N5O4/c1-12-7-18(23-9-13(12)2)25-22(31)24-10-14-3-4-16-15(8-14)11-27(21(16)30)17-5-6-19(28)26-20(17)29/h3-4,7-9,11,17,30H,5-6,10H2,1-2H3,(H,26,28,29)(H2,23,24,25,31). The Hall–Kier alpha value is -3.88. The Morgan fingerprint density at radius 3 is 2.81 bits per heavy atom. The molecule has 31 heavy (non-hydrogen) atoms. The quantitative estimate of drug-likeness (QED) is 0.482. The van der Waals surface area contributed by atoms with Gasteiger partial charge in [-0.3, -0.25) is 20.2 Å². The van der Waals surface area contributed by atoms with E-state index in [-0.39, 0.29) is 30.8 Å². The van der Waals surface area contributed by atoms with Crippen molar-refractivity contribution in [2.24, 2.45) is 0 Å². The number of fused-ring (bicyclic) bond motifs is 1. The van der Waals surface area contributed by atoms with E-state index < -0.39 is 11.9 Å². The molecule has 0 bridgehead atoms. The summed E-state index contributed by atoms with van der Waals surface area (Å²) >= 11 is 0. The molecule has 1 aliphatic rings. The van der Waals surface area contributed by atoms with E-state index in [1.165, 1.54) is 4.57 Å². The summed E-state index contributed by atoms with van der Waals surface area (Å²) in [5, 5.41) is 19.7. The van der Waals surface area contributed by atoms with Crippen LogP contribution in [0.3, 0.4) is 0 Å². The van der Waals surface area contributed by atoms with Crippen LogP contribution in [0.1, 0.15) is 35.6 Å². The fraction of sp³-hybridized carbons (Fsp3) is 0.273. The van der Waals surface area contributed by atoms with Gasteiger partial charge in [-0.1, -0.05) is 6.07 Å². The number of aromatic hydroxyl groups is 1. The van der Waals surface area contributed by atoms with Crippen molar-refractivity contribution in [1.29, 1.82) is 0 Å². The lowest BCUT2D eigenvalue weighted by atomic mass is 10.1. The van der Waals surface area contributed by atoms with Gasteiger partial charge in [-0.05, 0) is 55.2 Å². The van der Waals surface area contributed by atoms with Gasteiger partial charge in [0.05, 0.1) is 0 Å². The number of nitrogens with zero attached hydrogens (tertiary/aromatic N) is 2. The van der Waals surface area contributed by atoms with Crippen molar-refractivity contribution in [2.75, 3.05) is 5.32 Å². The molecule has 1 aliphatic heterocycles. The van der Waals surface area contributed by atoms with Gasteiger partial charge in [0.15, 0.2) is 5.88 Å². The highest BCUT2D eigenvalue weighted by Crippen LogP contribution is 2.33. The highest BCUT2D eigenvalue weighted by atomic mass is 16.3. The average Bonchev–Trinajstić information content (AvgIpc) is 3.05. The molecule has 9 heteroatoms. The smallest absolute Gasteiger partial charge is 0.320 e. The molecule has 3 heterocycles. The molecule has 0 spiro atoms. The number of hydrogen-bond acceptors (Lipinski definition) is 5. The molecular formula is C22H23N5O4. The molecule has 9 nitrogen and oxygen atoms in total. The maximum Gasteiger partial charge on any atom is 0.320 e. The highest BCUT2D eigenvalue weighted by Gasteiger charge is 2.30. The number of anilines is 1. The molecule has 0 aliphatic carbocycles. The Morgan fingerprint density at radius 2 is 2.06 bits per heavy atom. The fourth-order valence-corrected chi connectivity index (χ4v) is 3.60. The van der Waals surface area contributed by atoms with Gasteiger partial charge in [0.2, 0.25) is 11.8 Å². The number of carbonyl (C=O) groups is 3. The molecule has 4 N–H and O–H groups in total. The van der Waals surface area contributed by atoms with Crippen molar-refractivity contribution in [2.45, 2.75) is 39.3 Å². The Kier molecular flexibility index (Phi) is 5.33. The minimum atomic E-state index is -0.636. The van der Waals surface area contributed by atoms with Gasteiger partial charge in [0.1, 0.15) is 11.9 Å². The molecule has 1 aromatic carbocycles. The summed E-state index contributed by atoms with van der Waals surface area (Å²) in [6, 6.07) is 6.17. The first kappa shape index (κ1) is 20.4. The zero-order chi connectivity index (χ0) is 22.1. The molecule has 160 valence electrons. The van der Waals surface area contributed by atoms with Gasteiger partial charge in [-0.2, -0.15) is 0 Å². The molecular weight excluding hydrogens is 398 g/mol. The van der Waals surface area contributed by atoms with Crippen LogP contribution in [0.2, 0.25) is 0 Å². The third-order valence-corrected chi connectivity index (χ3v) is 5.49. The van der Waals surface area contributed by atoms with Crippen LogP contribution in [0, 0.1) is 13.8 Å². The Bertz CT molecular complexity index is 1200. The van der Waals surface area contributed by atoms with Gasteiger partial charge in [0, 0.05) is 36.1 Å². The number of hydrogen-bond donors (Lipinski definition) is 4. The molecule has 3 aromatic rings. The van der Waals surface area contributed by atoms with Gasteiger partial charge in [0.25, 0.3) is 0 Å². The number of amides is 4. The molecule has 0 saturated carbocycles. The first-order chi connectivity index (χ1) is 14.8. The largest absolute Gasteiger partial charge is 0.494 e. The Labute approximate surface area is 178 Å². The zero-order valence-electron chi connectivity index (χ0n) is 17.2. The van der Waals surface area contributed by atoms with Crippen LogP contribution < -0.4 is 16.0 Å². The summed E-state index contributed by atoms with van der Waals surface area (Å²) in [6.07, 6.45) is 3.95. The van der Waals surface area contributed by atoms with Crippen LogP contribution in [0.25, 0.3) is 10.8 Å². The maximum absolute atomic E-state index is 12.2. The maximum atomic E-state index is 12.2. The van der Waals surface area contributed by atoms with E-state index in [9.17, 15) is 19.5 Å². The average molecular weight is 421 g/mol. The van der Waals surface area contributed by atoms with Crippen LogP contribution in [0.15, 0.2) is 36.7 Å². The summed E-state index contributed by atoms with van der Waals surface area (Å²) in [5.41, 5.74) is 2.92. The predicted octanol–water partition coefficient (Wildman–Crippen LogP) is 2.66. The topological polar surface area (TPSA) is 125 Å². The van der Waals surface area contributed by atoms with Gasteiger partial charge >= 0.3 is 6.03 Å². The highest BCUT2D eigenvalue weighted by molar-refractivity contribution is 6.00. The van der Waals surface area contributed by atoms with E-state index in [1.807, 2.05) is 19.9 Å². The lowest BCUT2D eigenvalue weighted by Gasteiger charge is -2.22. The lowest BCUT2D eigenvalue weighted by Crippen LogP contribution is -2.41. The van der Waals surface area contributed by atoms with Gasteiger partial charge in [-0.25, -0.2) is 9.78 Å². The first-order valence-corrected chi connectivity index (χ1v) is 9.96. The summed E-state index contributed by atoms with van der Waals surface area (Å²) in [4.78, 5) is 39.9. The summed E-state index contributed by atoms with van der Waals surface area (Å²) in [5.74, 6) is -0.282. The van der Waals surface area contributed by atoms with E-state index in [4.69, 9.17) is 0 Å². The predicted molar refractivity (Wildman–Crippen MR) is 115 cm³/mol. The number of benzene rings is 1. The fourth-order valence-electron chi connectivity index (χ4n) is 3.60. The molecule has 1 unspecified atom stereocenters. The van der Waals surface area contributed by atoms with Crippen molar-refractivity contribution in [3.05, 3.63) is 53.3 Å². The van der Waals surface area contributed by atoms with Crippen LogP contribution >= 0.6 is 0 Å². The zero-order valence-corrected chi connectivity index (χ0v) is 17.2. The lowest BCUT2D eigenvalue weighted by molar-refractivity contribution is -0.135. The van der Waals surface area contributed by atoms with Crippen molar-refractivity contribution < 1.29 is 19.5 Å². The third kappa shape index (κ3) is 4.20. The van der Waals surface area contributed by atoms with Crippen molar-refractivity contribution >= 4 is 34.4 Å². The normalized spacial score (nSPS) is 16.3. The van der Waals surface area contributed by atoms with Crippen LogP contribution in [-0.2, 0) is 16.1 Å². The number of aryl methyl sites for hydroxylation is 2. The van der Waals surface area contributed by atoms with Gasteiger partial charge in [-0.15, -0.1) is 0 Å². The van der Waals surface area contributed by atoms with Crippen LogP contribution in [0.4, 0.5) is 10.6 Å². The minimum Gasteiger partial charge on any atom is -0.494 e. The number of rotatable bonds is 4. The minimum absolute atomic E-state index is 0.0254. The summed E-state index contributed by atoms with van der Waals surface area (Å²) in [6.45, 7) is 4.18. The molecule has 1 saturated heterocycles. The van der Waals surface area contributed by atoms with E-state index in [0.29, 0.717) is 17.6 Å². The molecule has 0 radical (unpaired) electrons. The second-order valence-corrected chi connectivity index (χ2v) is 7.71. The number of nitrogens with one attached hydrogen (secondary N) is 3. The first-order valence-electron chi connectivity index (χ1n) is 9.96. The number of carbonyl (C=O) groups excluding carboxylic acids is 3. The number of aromatic nitrogens is 2. The van der Waals surface area contributed by atoms with E-state index in [0.717, 1.165) is 22.1 Å². The monoisotopic (exact) mass is 421 g/mol. The molecule has 2 aromatic heterocycles. The third-order valence-electron chi connectivity index (χ3n) is 5.49. The van der Waals surface area contributed by atoms with Crippen LogP contribution in [0.5, 0.6) is 5.88 Å². The van der Waals surface area contributed by atoms with E-state index >= 15 is 0 Å². The second kappa shape index (κ2) is 8.10. The molecule has 1 atom stereocenters.